The molecule has 2 aromatic carbocycles. The lowest BCUT2D eigenvalue weighted by molar-refractivity contribution is -0.122. The fourth-order valence-corrected chi connectivity index (χ4v) is 3.35. The predicted octanol–water partition coefficient (Wildman–Crippen LogP) is 1.83. The van der Waals surface area contributed by atoms with Crippen LogP contribution in [0.1, 0.15) is 5.56 Å². The molecular formula is C20H15FN4O4. The molecule has 9 heteroatoms. The van der Waals surface area contributed by atoms with Crippen molar-refractivity contribution >= 4 is 22.3 Å². The average molecular weight is 394 g/mol. The van der Waals surface area contributed by atoms with E-state index < -0.39 is 5.56 Å². The Morgan fingerprint density at radius 2 is 1.97 bits per heavy atom. The van der Waals surface area contributed by atoms with Crippen LogP contribution in [0.3, 0.4) is 0 Å². The van der Waals surface area contributed by atoms with Crippen LogP contribution in [0.15, 0.2) is 53.6 Å². The van der Waals surface area contributed by atoms with Gasteiger partial charge >= 0.3 is 0 Å². The summed E-state index contributed by atoms with van der Waals surface area (Å²) in [5.41, 5.74) is 1.41. The summed E-state index contributed by atoms with van der Waals surface area (Å²) in [6, 6.07) is 11.3. The summed E-state index contributed by atoms with van der Waals surface area (Å²) in [6.45, 7) is 0.236. The first-order valence-electron chi connectivity index (χ1n) is 8.90. The van der Waals surface area contributed by atoms with Crippen LogP contribution in [-0.2, 0) is 17.9 Å². The van der Waals surface area contributed by atoms with Gasteiger partial charge in [0.2, 0.25) is 12.7 Å². The fourth-order valence-electron chi connectivity index (χ4n) is 3.35. The largest absolute Gasteiger partial charge is 0.454 e. The molecule has 0 fully saturated rings. The van der Waals surface area contributed by atoms with Crippen molar-refractivity contribution in [3.8, 4) is 11.5 Å². The summed E-state index contributed by atoms with van der Waals surface area (Å²) in [4.78, 5) is 25.0. The first-order valence-corrected chi connectivity index (χ1v) is 8.90. The maximum atomic E-state index is 13.4. The number of aromatic nitrogens is 3. The van der Waals surface area contributed by atoms with Crippen molar-refractivity contribution < 1.29 is 18.7 Å². The maximum absolute atomic E-state index is 13.4. The van der Waals surface area contributed by atoms with Crippen LogP contribution in [0, 0.1) is 5.82 Å². The molecule has 0 radical (unpaired) electrons. The van der Waals surface area contributed by atoms with Gasteiger partial charge in [-0.25, -0.2) is 9.07 Å². The number of carbonyl (C=O) groups excluding carboxylic acids is 1. The van der Waals surface area contributed by atoms with E-state index in [1.165, 1.54) is 18.5 Å². The molecule has 3 heterocycles. The number of fused-ring (bicyclic) bond motifs is 4. The number of hydrogen-bond donors (Lipinski definition) is 1. The highest BCUT2D eigenvalue weighted by Crippen LogP contribution is 2.32. The number of nitrogens with one attached hydrogen (secondary N) is 1. The predicted molar refractivity (Wildman–Crippen MR) is 101 cm³/mol. The number of rotatable bonds is 4. The van der Waals surface area contributed by atoms with Crippen molar-refractivity contribution in [3.63, 3.8) is 0 Å². The molecule has 2 aromatic heterocycles. The van der Waals surface area contributed by atoms with Crippen LogP contribution in [0.5, 0.6) is 11.5 Å². The normalized spacial score (nSPS) is 12.6. The zero-order valence-corrected chi connectivity index (χ0v) is 15.1. The van der Waals surface area contributed by atoms with Gasteiger partial charge < -0.3 is 14.8 Å². The molecule has 0 atom stereocenters. The van der Waals surface area contributed by atoms with E-state index in [-0.39, 0.29) is 31.6 Å². The number of hydrogen-bond acceptors (Lipinski definition) is 5. The number of ether oxygens (including phenoxy) is 2. The van der Waals surface area contributed by atoms with Crippen LogP contribution >= 0.6 is 0 Å². The molecule has 1 N–H and O–H groups in total. The number of amides is 1. The number of nitrogens with zero attached hydrogens (tertiary/aromatic N) is 3. The average Bonchev–Trinajstić information content (AvgIpc) is 3.32. The highest BCUT2D eigenvalue weighted by molar-refractivity contribution is 5.86. The highest BCUT2D eigenvalue weighted by Gasteiger charge is 2.14. The van der Waals surface area contributed by atoms with Gasteiger partial charge in [0.05, 0.1) is 5.52 Å². The molecule has 1 aliphatic rings. The van der Waals surface area contributed by atoms with Crippen molar-refractivity contribution in [3.05, 3.63) is 70.5 Å². The smallest absolute Gasteiger partial charge is 0.291 e. The molecule has 5 rings (SSSR count). The Morgan fingerprint density at radius 3 is 2.86 bits per heavy atom. The Kier molecular flexibility index (Phi) is 3.94. The zero-order valence-electron chi connectivity index (χ0n) is 15.1. The number of carbonyl (C=O) groups is 1. The molecular weight excluding hydrogens is 379 g/mol. The Labute approximate surface area is 163 Å². The van der Waals surface area contributed by atoms with Gasteiger partial charge in [0.1, 0.15) is 24.2 Å². The third-order valence-corrected chi connectivity index (χ3v) is 4.78. The van der Waals surface area contributed by atoms with Crippen LogP contribution in [-0.4, -0.2) is 26.9 Å². The van der Waals surface area contributed by atoms with Gasteiger partial charge in [-0.05, 0) is 42.0 Å². The van der Waals surface area contributed by atoms with Gasteiger partial charge in [-0.2, -0.15) is 5.10 Å². The third kappa shape index (κ3) is 3.06. The molecule has 1 amide bonds. The van der Waals surface area contributed by atoms with Crippen molar-refractivity contribution in [2.45, 2.75) is 13.1 Å². The van der Waals surface area contributed by atoms with Crippen LogP contribution in [0.2, 0.25) is 0 Å². The van der Waals surface area contributed by atoms with E-state index in [1.54, 1.807) is 28.7 Å². The third-order valence-electron chi connectivity index (χ3n) is 4.78. The molecule has 0 bridgehead atoms. The molecule has 8 nitrogen and oxygen atoms in total. The summed E-state index contributed by atoms with van der Waals surface area (Å²) < 4.78 is 26.7. The van der Waals surface area contributed by atoms with Gasteiger partial charge in [0.15, 0.2) is 11.5 Å². The number of benzene rings is 2. The Bertz CT molecular complexity index is 1330. The zero-order chi connectivity index (χ0) is 20.0. The van der Waals surface area contributed by atoms with E-state index in [1.807, 2.05) is 6.07 Å². The monoisotopic (exact) mass is 394 g/mol. The van der Waals surface area contributed by atoms with Gasteiger partial charge in [0, 0.05) is 11.9 Å². The summed E-state index contributed by atoms with van der Waals surface area (Å²) in [7, 11) is 0. The second kappa shape index (κ2) is 6.62. The van der Waals surface area contributed by atoms with E-state index in [9.17, 15) is 14.0 Å². The Hall–Kier alpha value is -3.88. The van der Waals surface area contributed by atoms with Gasteiger partial charge in [-0.1, -0.05) is 6.07 Å². The van der Waals surface area contributed by atoms with Gasteiger partial charge in [-0.3, -0.25) is 14.0 Å². The molecule has 146 valence electrons. The standard InChI is InChI=1S/C20H15FN4O4/c21-14-2-3-15-13(6-14)7-16-20(27)25(23-10-24(15)16)9-19(26)22-8-12-1-4-17-18(5-12)29-11-28-17/h1-7,10H,8-9,11H2,(H,22,26). The second-order valence-corrected chi connectivity index (χ2v) is 6.66. The first kappa shape index (κ1) is 17.2. The lowest BCUT2D eigenvalue weighted by Gasteiger charge is -2.08. The minimum absolute atomic E-state index is 0.184. The summed E-state index contributed by atoms with van der Waals surface area (Å²) >= 11 is 0. The van der Waals surface area contributed by atoms with Crippen LogP contribution in [0.25, 0.3) is 16.4 Å². The molecule has 4 aromatic rings. The van der Waals surface area contributed by atoms with Crippen LogP contribution < -0.4 is 20.3 Å². The highest BCUT2D eigenvalue weighted by atomic mass is 19.1. The molecule has 29 heavy (non-hydrogen) atoms. The topological polar surface area (TPSA) is 86.9 Å². The molecule has 0 spiro atoms. The minimum atomic E-state index is -0.428. The summed E-state index contributed by atoms with van der Waals surface area (Å²) in [6.07, 6.45) is 1.45. The van der Waals surface area contributed by atoms with Crippen molar-refractivity contribution in [2.24, 2.45) is 0 Å². The molecule has 0 saturated heterocycles. The Balaban J connectivity index is 1.34. The lowest BCUT2D eigenvalue weighted by atomic mass is 10.2. The van der Waals surface area contributed by atoms with E-state index in [2.05, 4.69) is 10.4 Å². The van der Waals surface area contributed by atoms with Crippen LogP contribution in [0.4, 0.5) is 4.39 Å². The lowest BCUT2D eigenvalue weighted by Crippen LogP contribution is -2.33. The van der Waals surface area contributed by atoms with Crippen molar-refractivity contribution in [1.82, 2.24) is 19.5 Å². The molecule has 1 aliphatic heterocycles. The maximum Gasteiger partial charge on any atom is 0.291 e. The first-order chi connectivity index (χ1) is 14.1. The van der Waals surface area contributed by atoms with Crippen molar-refractivity contribution in [1.29, 1.82) is 0 Å². The summed E-state index contributed by atoms with van der Waals surface area (Å²) in [5.74, 6) is 0.564. The van der Waals surface area contributed by atoms with Gasteiger partial charge in [-0.15, -0.1) is 0 Å². The fraction of sp³-hybridized carbons (Fsp3) is 0.150. The van der Waals surface area contributed by atoms with E-state index in [0.29, 0.717) is 27.9 Å². The quantitative estimate of drug-likeness (QED) is 0.571. The molecule has 0 saturated carbocycles. The van der Waals surface area contributed by atoms with E-state index in [4.69, 9.17) is 9.47 Å². The van der Waals surface area contributed by atoms with Crippen molar-refractivity contribution in [2.75, 3.05) is 6.79 Å². The second-order valence-electron chi connectivity index (χ2n) is 6.66. The summed E-state index contributed by atoms with van der Waals surface area (Å²) in [5, 5.41) is 7.42. The van der Waals surface area contributed by atoms with E-state index >= 15 is 0 Å². The Morgan fingerprint density at radius 1 is 1.10 bits per heavy atom. The van der Waals surface area contributed by atoms with Gasteiger partial charge in [0.25, 0.3) is 5.56 Å². The molecule has 0 aliphatic carbocycles. The van der Waals surface area contributed by atoms with E-state index in [0.717, 1.165) is 10.2 Å². The SMILES string of the molecule is O=C(Cn1ncn2c(cc3cc(F)ccc32)c1=O)NCc1ccc2c(c1)OCO2. The minimum Gasteiger partial charge on any atom is -0.454 e. The molecule has 0 unspecified atom stereocenters. The number of halogens is 1.